The van der Waals surface area contributed by atoms with Gasteiger partial charge in [-0.15, -0.1) is 0 Å². The Morgan fingerprint density at radius 1 is 1.06 bits per heavy atom. The zero-order chi connectivity index (χ0) is 22.2. The van der Waals surface area contributed by atoms with Crippen LogP contribution in [0.25, 0.3) is 0 Å². The average molecular weight is 428 g/mol. The third kappa shape index (κ3) is 4.55. The SMILES string of the molecule is CC(C)c1c(OCC(O)CN2CCCCC2)ccc2c1CC[C@H]1C(C)(C)CCC[C@]21C. The lowest BCUT2D eigenvalue weighted by Crippen LogP contribution is -2.48. The van der Waals surface area contributed by atoms with Gasteiger partial charge in [0.1, 0.15) is 18.5 Å². The molecule has 31 heavy (non-hydrogen) atoms. The van der Waals surface area contributed by atoms with Gasteiger partial charge in [0.25, 0.3) is 0 Å². The minimum absolute atomic E-state index is 0.283. The van der Waals surface area contributed by atoms with E-state index in [-0.39, 0.29) is 5.41 Å². The second-order valence-corrected chi connectivity index (χ2v) is 11.8. The maximum absolute atomic E-state index is 10.6. The summed E-state index contributed by atoms with van der Waals surface area (Å²) >= 11 is 0. The molecule has 1 aromatic carbocycles. The van der Waals surface area contributed by atoms with Crippen molar-refractivity contribution in [2.24, 2.45) is 11.3 Å². The van der Waals surface area contributed by atoms with Gasteiger partial charge >= 0.3 is 0 Å². The number of ether oxygens (including phenoxy) is 1. The monoisotopic (exact) mass is 427 g/mol. The highest BCUT2D eigenvalue weighted by molar-refractivity contribution is 5.51. The second-order valence-electron chi connectivity index (χ2n) is 11.8. The zero-order valence-electron chi connectivity index (χ0n) is 20.7. The van der Waals surface area contributed by atoms with E-state index in [4.69, 9.17) is 4.74 Å². The molecule has 0 radical (unpaired) electrons. The Morgan fingerprint density at radius 2 is 1.81 bits per heavy atom. The van der Waals surface area contributed by atoms with Crippen molar-refractivity contribution in [1.82, 2.24) is 4.90 Å². The van der Waals surface area contributed by atoms with E-state index in [0.29, 0.717) is 17.9 Å². The number of rotatable bonds is 6. The van der Waals surface area contributed by atoms with Gasteiger partial charge in [0.15, 0.2) is 0 Å². The van der Waals surface area contributed by atoms with Crippen LogP contribution in [0.5, 0.6) is 5.75 Å². The highest BCUT2D eigenvalue weighted by atomic mass is 16.5. The molecule has 3 atom stereocenters. The van der Waals surface area contributed by atoms with Crippen molar-refractivity contribution in [3.05, 3.63) is 28.8 Å². The number of hydrogen-bond donors (Lipinski definition) is 1. The molecule has 0 aromatic heterocycles. The second kappa shape index (κ2) is 9.06. The number of fused-ring (bicyclic) bond motifs is 3. The first-order valence-electron chi connectivity index (χ1n) is 12.9. The van der Waals surface area contributed by atoms with Gasteiger partial charge < -0.3 is 14.7 Å². The Morgan fingerprint density at radius 3 is 2.52 bits per heavy atom. The third-order valence-electron chi connectivity index (χ3n) is 8.77. The molecular weight excluding hydrogens is 382 g/mol. The van der Waals surface area contributed by atoms with Gasteiger partial charge in [-0.05, 0) is 91.5 Å². The lowest BCUT2D eigenvalue weighted by molar-refractivity contribution is 0.0401. The van der Waals surface area contributed by atoms with Crippen molar-refractivity contribution in [3.8, 4) is 5.75 Å². The van der Waals surface area contributed by atoms with Gasteiger partial charge in [0.2, 0.25) is 0 Å². The fourth-order valence-corrected chi connectivity index (χ4v) is 7.33. The van der Waals surface area contributed by atoms with Crippen molar-refractivity contribution < 1.29 is 9.84 Å². The van der Waals surface area contributed by atoms with Crippen LogP contribution in [0.15, 0.2) is 12.1 Å². The predicted molar refractivity (Wildman–Crippen MR) is 129 cm³/mol. The van der Waals surface area contributed by atoms with Crippen molar-refractivity contribution in [3.63, 3.8) is 0 Å². The van der Waals surface area contributed by atoms with E-state index in [1.165, 1.54) is 56.9 Å². The molecule has 0 bridgehead atoms. The zero-order valence-corrected chi connectivity index (χ0v) is 20.7. The Kier molecular flexibility index (Phi) is 6.75. The molecule has 0 amide bonds. The van der Waals surface area contributed by atoms with Gasteiger partial charge in [0, 0.05) is 12.1 Å². The fraction of sp³-hybridized carbons (Fsp3) is 0.786. The lowest BCUT2D eigenvalue weighted by atomic mass is 9.50. The maximum atomic E-state index is 10.6. The summed E-state index contributed by atoms with van der Waals surface area (Å²) in [6.45, 7) is 15.5. The summed E-state index contributed by atoms with van der Waals surface area (Å²) in [5, 5.41) is 10.6. The van der Waals surface area contributed by atoms with Crippen LogP contribution < -0.4 is 4.74 Å². The van der Waals surface area contributed by atoms with Gasteiger partial charge in [-0.25, -0.2) is 0 Å². The fourth-order valence-electron chi connectivity index (χ4n) is 7.33. The van der Waals surface area contributed by atoms with Crippen LogP contribution >= 0.6 is 0 Å². The largest absolute Gasteiger partial charge is 0.491 e. The number of benzene rings is 1. The molecule has 1 aliphatic heterocycles. The van der Waals surface area contributed by atoms with E-state index in [1.807, 2.05) is 0 Å². The van der Waals surface area contributed by atoms with Gasteiger partial charge in [-0.1, -0.05) is 53.5 Å². The van der Waals surface area contributed by atoms with Crippen LogP contribution in [0.2, 0.25) is 0 Å². The number of nitrogens with zero attached hydrogens (tertiary/aromatic N) is 1. The molecule has 1 aromatic rings. The number of hydrogen-bond acceptors (Lipinski definition) is 3. The molecule has 1 saturated heterocycles. The van der Waals surface area contributed by atoms with Gasteiger partial charge in [-0.3, -0.25) is 0 Å². The van der Waals surface area contributed by atoms with Gasteiger partial charge in [-0.2, -0.15) is 0 Å². The van der Waals surface area contributed by atoms with Crippen molar-refractivity contribution in [2.45, 2.75) is 103 Å². The highest BCUT2D eigenvalue weighted by Crippen LogP contribution is 2.58. The standard InChI is InChI=1S/C28H45NO2/c1-20(2)26-22-10-13-25-27(3,4)14-9-15-28(25,5)23(22)11-12-24(26)31-19-21(30)18-29-16-7-6-8-17-29/h11-12,20-21,25,30H,6-10,13-19H2,1-5H3/t21?,25-,28+/m0/s1. The minimum Gasteiger partial charge on any atom is -0.491 e. The van der Waals surface area contributed by atoms with Crippen LogP contribution in [-0.4, -0.2) is 42.4 Å². The quantitative estimate of drug-likeness (QED) is 0.598. The van der Waals surface area contributed by atoms with E-state index in [0.717, 1.165) is 31.3 Å². The van der Waals surface area contributed by atoms with E-state index in [2.05, 4.69) is 51.7 Å². The van der Waals surface area contributed by atoms with Crippen molar-refractivity contribution >= 4 is 0 Å². The average Bonchev–Trinajstić information content (AvgIpc) is 2.71. The first-order chi connectivity index (χ1) is 14.7. The van der Waals surface area contributed by atoms with Crippen LogP contribution in [0.1, 0.15) is 102 Å². The first kappa shape index (κ1) is 23.1. The van der Waals surface area contributed by atoms with E-state index < -0.39 is 6.10 Å². The van der Waals surface area contributed by atoms with Gasteiger partial charge in [0.05, 0.1) is 0 Å². The first-order valence-corrected chi connectivity index (χ1v) is 12.9. The molecule has 3 nitrogen and oxygen atoms in total. The molecular formula is C28H45NO2. The molecule has 2 aliphatic carbocycles. The number of aliphatic hydroxyl groups is 1. The Balaban J connectivity index is 1.54. The molecule has 2 fully saturated rings. The van der Waals surface area contributed by atoms with E-state index in [1.54, 1.807) is 11.1 Å². The van der Waals surface area contributed by atoms with Crippen LogP contribution in [0.4, 0.5) is 0 Å². The van der Waals surface area contributed by atoms with Crippen LogP contribution in [0, 0.1) is 11.3 Å². The maximum Gasteiger partial charge on any atom is 0.123 e. The number of aliphatic hydroxyl groups excluding tert-OH is 1. The summed E-state index contributed by atoms with van der Waals surface area (Å²) in [4.78, 5) is 2.39. The molecule has 1 unspecified atom stereocenters. The normalized spacial score (nSPS) is 29.3. The summed E-state index contributed by atoms with van der Waals surface area (Å²) in [6.07, 6.45) is 9.87. The number of likely N-dealkylation sites (tertiary alicyclic amines) is 1. The molecule has 0 spiro atoms. The Labute approximate surface area is 190 Å². The summed E-state index contributed by atoms with van der Waals surface area (Å²) < 4.78 is 6.30. The summed E-state index contributed by atoms with van der Waals surface area (Å²) in [7, 11) is 0. The summed E-state index contributed by atoms with van der Waals surface area (Å²) in [5.41, 5.74) is 5.24. The minimum atomic E-state index is -0.421. The molecule has 1 heterocycles. The highest BCUT2D eigenvalue weighted by Gasteiger charge is 2.50. The number of piperidine rings is 1. The van der Waals surface area contributed by atoms with Crippen LogP contribution in [0.3, 0.4) is 0 Å². The topological polar surface area (TPSA) is 32.7 Å². The summed E-state index contributed by atoms with van der Waals surface area (Å²) in [5.74, 6) is 2.20. The molecule has 1 saturated carbocycles. The third-order valence-corrected chi connectivity index (χ3v) is 8.77. The molecule has 4 rings (SSSR count). The van der Waals surface area contributed by atoms with Crippen LogP contribution in [-0.2, 0) is 11.8 Å². The molecule has 3 aliphatic rings. The van der Waals surface area contributed by atoms with E-state index >= 15 is 0 Å². The van der Waals surface area contributed by atoms with E-state index in [9.17, 15) is 5.11 Å². The molecule has 1 N–H and O–H groups in total. The smallest absolute Gasteiger partial charge is 0.123 e. The number of β-amino-alcohol motifs (C(OH)–C–C–N with tert-alkyl or cyclic N) is 1. The summed E-state index contributed by atoms with van der Waals surface area (Å²) in [6, 6.07) is 4.60. The Hall–Kier alpha value is -1.06. The molecule has 3 heteroatoms. The Bertz CT molecular complexity index is 765. The predicted octanol–water partition coefficient (Wildman–Crippen LogP) is 6.07. The van der Waals surface area contributed by atoms with Crippen molar-refractivity contribution in [2.75, 3.05) is 26.2 Å². The lowest BCUT2D eigenvalue weighted by Gasteiger charge is -2.54. The molecule has 174 valence electrons. The van der Waals surface area contributed by atoms with Crippen molar-refractivity contribution in [1.29, 1.82) is 0 Å².